The van der Waals surface area contributed by atoms with Crippen LogP contribution in [0.1, 0.15) is 30.1 Å². The van der Waals surface area contributed by atoms with Crippen LogP contribution in [0.2, 0.25) is 0 Å². The highest BCUT2D eigenvalue weighted by Gasteiger charge is 2.30. The Hall–Kier alpha value is -2.54. The molecule has 26 heavy (non-hydrogen) atoms. The molecule has 1 atom stereocenters. The Bertz CT molecular complexity index is 787. The second-order valence-corrected chi connectivity index (χ2v) is 6.55. The number of amides is 1. The average Bonchev–Trinajstić information content (AvgIpc) is 3.22. The summed E-state index contributed by atoms with van der Waals surface area (Å²) >= 11 is 0. The van der Waals surface area contributed by atoms with E-state index in [0.29, 0.717) is 6.54 Å². The molecule has 0 spiro atoms. The average molecular weight is 358 g/mol. The summed E-state index contributed by atoms with van der Waals surface area (Å²) in [6, 6.07) is 5.95. The van der Waals surface area contributed by atoms with E-state index in [1.165, 1.54) is 0 Å². The van der Waals surface area contributed by atoms with E-state index in [4.69, 9.17) is 9.47 Å². The third-order valence-corrected chi connectivity index (χ3v) is 5.02. The Kier molecular flexibility index (Phi) is 5.46. The van der Waals surface area contributed by atoms with E-state index in [1.807, 2.05) is 32.2 Å². The molecule has 7 heteroatoms. The van der Waals surface area contributed by atoms with Crippen LogP contribution in [0.15, 0.2) is 24.4 Å². The summed E-state index contributed by atoms with van der Waals surface area (Å²) in [6.07, 6.45) is 3.72. The van der Waals surface area contributed by atoms with E-state index in [9.17, 15) is 4.79 Å². The maximum atomic E-state index is 12.5. The number of hydrogen-bond acceptors (Lipinski definition) is 5. The first kappa shape index (κ1) is 18.3. The van der Waals surface area contributed by atoms with Crippen molar-refractivity contribution in [3.63, 3.8) is 0 Å². The zero-order valence-electron chi connectivity index (χ0n) is 15.8. The van der Waals surface area contributed by atoms with E-state index < -0.39 is 0 Å². The maximum Gasteiger partial charge on any atom is 0.238 e. The van der Waals surface area contributed by atoms with E-state index >= 15 is 0 Å². The Labute approximate surface area is 153 Å². The molecule has 1 N–H and O–H groups in total. The molecule has 0 saturated carbocycles. The first-order valence-corrected chi connectivity index (χ1v) is 8.78. The van der Waals surface area contributed by atoms with Crippen LogP contribution in [0.4, 0.5) is 5.69 Å². The summed E-state index contributed by atoms with van der Waals surface area (Å²) in [6.45, 7) is 3.15. The van der Waals surface area contributed by atoms with Crippen LogP contribution in [-0.2, 0) is 11.8 Å². The van der Waals surface area contributed by atoms with Crippen molar-refractivity contribution < 1.29 is 14.3 Å². The lowest BCUT2D eigenvalue weighted by atomic mass is 10.0. The molecule has 1 aliphatic rings. The van der Waals surface area contributed by atoms with Gasteiger partial charge in [0.15, 0.2) is 0 Å². The number of ether oxygens (including phenoxy) is 2. The topological polar surface area (TPSA) is 68.6 Å². The summed E-state index contributed by atoms with van der Waals surface area (Å²) in [7, 11) is 5.18. The SMILES string of the molecule is COc1ccc(OC)c([C@H]2CCCN2CC(=O)Nc2cnn(C)c2C)c1. The number of carbonyl (C=O) groups excluding carboxylic acids is 1. The van der Waals surface area contributed by atoms with Crippen molar-refractivity contribution in [3.05, 3.63) is 35.7 Å². The summed E-state index contributed by atoms with van der Waals surface area (Å²) in [5.41, 5.74) is 2.76. The Morgan fingerprint density at radius 1 is 1.35 bits per heavy atom. The minimum absolute atomic E-state index is 0.0325. The fourth-order valence-corrected chi connectivity index (χ4v) is 3.46. The van der Waals surface area contributed by atoms with Crippen molar-refractivity contribution in [1.29, 1.82) is 0 Å². The second kappa shape index (κ2) is 7.78. The number of nitrogens with zero attached hydrogens (tertiary/aromatic N) is 3. The number of carbonyl (C=O) groups is 1. The lowest BCUT2D eigenvalue weighted by Crippen LogP contribution is -2.33. The van der Waals surface area contributed by atoms with Crippen molar-refractivity contribution in [2.45, 2.75) is 25.8 Å². The van der Waals surface area contributed by atoms with Gasteiger partial charge in [0, 0.05) is 18.7 Å². The molecular formula is C19H26N4O3. The summed E-state index contributed by atoms with van der Waals surface area (Å²) < 4.78 is 12.6. The Balaban J connectivity index is 1.74. The Morgan fingerprint density at radius 3 is 2.81 bits per heavy atom. The molecule has 1 amide bonds. The molecule has 0 aliphatic carbocycles. The quantitative estimate of drug-likeness (QED) is 0.859. The highest BCUT2D eigenvalue weighted by Crippen LogP contribution is 2.38. The number of aromatic nitrogens is 2. The zero-order chi connectivity index (χ0) is 18.7. The molecule has 0 bridgehead atoms. The molecule has 1 aromatic carbocycles. The van der Waals surface area contributed by atoms with Gasteiger partial charge in [0.25, 0.3) is 0 Å². The predicted octanol–water partition coefficient (Wildman–Crippen LogP) is 2.52. The number of aryl methyl sites for hydroxylation is 1. The molecule has 0 unspecified atom stereocenters. The van der Waals surface area contributed by atoms with Crippen molar-refractivity contribution in [3.8, 4) is 11.5 Å². The lowest BCUT2D eigenvalue weighted by Gasteiger charge is -2.26. The summed E-state index contributed by atoms with van der Waals surface area (Å²) in [5, 5.41) is 7.12. The van der Waals surface area contributed by atoms with Crippen LogP contribution in [0.5, 0.6) is 11.5 Å². The molecule has 0 radical (unpaired) electrons. The van der Waals surface area contributed by atoms with Gasteiger partial charge in [0.2, 0.25) is 5.91 Å². The number of anilines is 1. The molecule has 1 fully saturated rings. The molecular weight excluding hydrogens is 332 g/mol. The van der Waals surface area contributed by atoms with Crippen molar-refractivity contribution in [2.75, 3.05) is 32.6 Å². The van der Waals surface area contributed by atoms with Crippen LogP contribution in [0.3, 0.4) is 0 Å². The molecule has 2 heterocycles. The van der Waals surface area contributed by atoms with Gasteiger partial charge in [0.1, 0.15) is 11.5 Å². The molecule has 1 saturated heterocycles. The zero-order valence-corrected chi connectivity index (χ0v) is 15.8. The van der Waals surface area contributed by atoms with Crippen LogP contribution in [0, 0.1) is 6.92 Å². The predicted molar refractivity (Wildman–Crippen MR) is 99.7 cm³/mol. The summed E-state index contributed by atoms with van der Waals surface area (Å²) in [5.74, 6) is 1.59. The molecule has 7 nitrogen and oxygen atoms in total. The molecule has 1 aromatic heterocycles. The maximum absolute atomic E-state index is 12.5. The first-order valence-electron chi connectivity index (χ1n) is 8.78. The highest BCUT2D eigenvalue weighted by atomic mass is 16.5. The van der Waals surface area contributed by atoms with E-state index in [0.717, 1.165) is 47.8 Å². The van der Waals surface area contributed by atoms with Crippen LogP contribution in [-0.4, -0.2) is 47.9 Å². The van der Waals surface area contributed by atoms with Crippen molar-refractivity contribution in [1.82, 2.24) is 14.7 Å². The van der Waals surface area contributed by atoms with Gasteiger partial charge < -0.3 is 14.8 Å². The van der Waals surface area contributed by atoms with Gasteiger partial charge in [-0.15, -0.1) is 0 Å². The fourth-order valence-electron chi connectivity index (χ4n) is 3.46. The fraction of sp³-hybridized carbons (Fsp3) is 0.474. The van der Waals surface area contributed by atoms with Gasteiger partial charge in [-0.25, -0.2) is 0 Å². The van der Waals surface area contributed by atoms with Crippen LogP contribution in [0.25, 0.3) is 0 Å². The number of rotatable bonds is 6. The van der Waals surface area contributed by atoms with E-state index in [2.05, 4.69) is 15.3 Å². The van der Waals surface area contributed by atoms with Crippen molar-refractivity contribution in [2.24, 2.45) is 7.05 Å². The minimum Gasteiger partial charge on any atom is -0.497 e. The third-order valence-electron chi connectivity index (χ3n) is 5.02. The van der Waals surface area contributed by atoms with Gasteiger partial charge in [-0.3, -0.25) is 14.4 Å². The number of hydrogen-bond donors (Lipinski definition) is 1. The van der Waals surface area contributed by atoms with E-state index in [-0.39, 0.29) is 11.9 Å². The molecule has 3 rings (SSSR count). The second-order valence-electron chi connectivity index (χ2n) is 6.55. The van der Waals surface area contributed by atoms with Gasteiger partial charge in [-0.2, -0.15) is 5.10 Å². The van der Waals surface area contributed by atoms with Crippen molar-refractivity contribution >= 4 is 11.6 Å². The van der Waals surface area contributed by atoms with Gasteiger partial charge in [-0.1, -0.05) is 0 Å². The lowest BCUT2D eigenvalue weighted by molar-refractivity contribution is -0.117. The minimum atomic E-state index is -0.0325. The highest BCUT2D eigenvalue weighted by molar-refractivity contribution is 5.92. The standard InChI is InChI=1S/C19H26N4O3/c1-13-16(11-20-22(13)2)21-19(24)12-23-9-5-6-17(23)15-10-14(25-3)7-8-18(15)26-4/h7-8,10-11,17H,5-6,9,12H2,1-4H3,(H,21,24)/t17-/m1/s1. The van der Waals surface area contributed by atoms with Crippen LogP contribution < -0.4 is 14.8 Å². The normalized spacial score (nSPS) is 17.3. The van der Waals surface area contributed by atoms with Gasteiger partial charge in [0.05, 0.1) is 38.3 Å². The number of methoxy groups -OCH3 is 2. The van der Waals surface area contributed by atoms with Gasteiger partial charge >= 0.3 is 0 Å². The number of likely N-dealkylation sites (tertiary alicyclic amines) is 1. The number of benzene rings is 1. The first-order chi connectivity index (χ1) is 12.5. The molecule has 140 valence electrons. The summed E-state index contributed by atoms with van der Waals surface area (Å²) in [4.78, 5) is 14.7. The number of nitrogens with one attached hydrogen (secondary N) is 1. The largest absolute Gasteiger partial charge is 0.497 e. The van der Waals surface area contributed by atoms with Gasteiger partial charge in [-0.05, 0) is 44.5 Å². The molecule has 2 aromatic rings. The van der Waals surface area contributed by atoms with Crippen LogP contribution >= 0.6 is 0 Å². The monoisotopic (exact) mass is 358 g/mol. The smallest absolute Gasteiger partial charge is 0.238 e. The Morgan fingerprint density at radius 2 is 2.15 bits per heavy atom. The molecule has 1 aliphatic heterocycles. The van der Waals surface area contributed by atoms with E-state index in [1.54, 1.807) is 25.1 Å². The third kappa shape index (κ3) is 3.67.